The van der Waals surface area contributed by atoms with Crippen LogP contribution in [0.1, 0.15) is 12.6 Å². The third kappa shape index (κ3) is 1.35. The van der Waals surface area contributed by atoms with Crippen molar-refractivity contribution in [3.05, 3.63) is 18.1 Å². The predicted molar refractivity (Wildman–Crippen MR) is 52.8 cm³/mol. The molecule has 0 aliphatic rings. The average Bonchev–Trinajstić information content (AvgIpc) is 2.47. The van der Waals surface area contributed by atoms with Gasteiger partial charge >= 0.3 is 0 Å². The van der Waals surface area contributed by atoms with Gasteiger partial charge in [0.1, 0.15) is 11.8 Å². The fraction of sp³-hybridized carbons (Fsp3) is 0.333. The van der Waals surface area contributed by atoms with Gasteiger partial charge in [-0.1, -0.05) is 0 Å². The molecule has 2 rings (SSSR count). The highest BCUT2D eigenvalue weighted by Crippen LogP contribution is 2.18. The Morgan fingerprint density at radius 2 is 2.31 bits per heavy atom. The van der Waals surface area contributed by atoms with Gasteiger partial charge < -0.3 is 10.3 Å². The number of aryl methyl sites for hydroxylation is 1. The molecule has 0 radical (unpaired) electrons. The molecule has 2 N–H and O–H groups in total. The summed E-state index contributed by atoms with van der Waals surface area (Å²) in [7, 11) is 0. The van der Waals surface area contributed by atoms with Crippen molar-refractivity contribution in [1.29, 1.82) is 0 Å². The predicted octanol–water partition coefficient (Wildman–Crippen LogP) is 1.70. The molecule has 0 amide bonds. The summed E-state index contributed by atoms with van der Waals surface area (Å²) in [5.74, 6) is 0.876. The topological polar surface area (TPSA) is 53.6 Å². The molecule has 0 unspecified atom stereocenters. The van der Waals surface area contributed by atoms with Gasteiger partial charge in [0.2, 0.25) is 0 Å². The van der Waals surface area contributed by atoms with Crippen LogP contribution in [-0.4, -0.2) is 21.5 Å². The molecule has 4 nitrogen and oxygen atoms in total. The highest BCUT2D eigenvalue weighted by Gasteiger charge is 2.03. The van der Waals surface area contributed by atoms with E-state index in [9.17, 15) is 0 Å². The van der Waals surface area contributed by atoms with Crippen LogP contribution in [0.5, 0.6) is 0 Å². The summed E-state index contributed by atoms with van der Waals surface area (Å²) in [5.41, 5.74) is 3.06. The number of anilines is 1. The largest absolute Gasteiger partial charge is 0.369 e. The second-order valence-corrected chi connectivity index (χ2v) is 2.97. The molecule has 2 heterocycles. The molecule has 0 saturated heterocycles. The van der Waals surface area contributed by atoms with Gasteiger partial charge in [-0.3, -0.25) is 0 Å². The average molecular weight is 176 g/mol. The van der Waals surface area contributed by atoms with E-state index >= 15 is 0 Å². The zero-order chi connectivity index (χ0) is 9.26. The van der Waals surface area contributed by atoms with Gasteiger partial charge in [0.25, 0.3) is 0 Å². The van der Waals surface area contributed by atoms with Gasteiger partial charge in [-0.25, -0.2) is 9.97 Å². The third-order valence-electron chi connectivity index (χ3n) is 1.90. The minimum atomic E-state index is 0.865. The molecule has 68 valence electrons. The lowest BCUT2D eigenvalue weighted by Crippen LogP contribution is -2.00. The summed E-state index contributed by atoms with van der Waals surface area (Å²) >= 11 is 0. The minimum absolute atomic E-state index is 0.865. The molecule has 0 atom stereocenters. The molecule has 0 saturated carbocycles. The van der Waals surface area contributed by atoms with Gasteiger partial charge in [-0.2, -0.15) is 0 Å². The Hall–Kier alpha value is -1.58. The van der Waals surface area contributed by atoms with Crippen LogP contribution in [0, 0.1) is 6.92 Å². The molecule has 0 spiro atoms. The fourth-order valence-electron chi connectivity index (χ4n) is 1.37. The van der Waals surface area contributed by atoms with E-state index in [0.29, 0.717) is 0 Å². The number of aromatic amines is 1. The van der Waals surface area contributed by atoms with Crippen LogP contribution in [0.25, 0.3) is 11.0 Å². The SMILES string of the molecule is CCNc1ncnc2cc(C)[nH]c12. The highest BCUT2D eigenvalue weighted by atomic mass is 15.0. The summed E-state index contributed by atoms with van der Waals surface area (Å²) in [6, 6.07) is 2.01. The van der Waals surface area contributed by atoms with Gasteiger partial charge in [0, 0.05) is 12.2 Å². The van der Waals surface area contributed by atoms with E-state index in [1.165, 1.54) is 0 Å². The third-order valence-corrected chi connectivity index (χ3v) is 1.90. The van der Waals surface area contributed by atoms with Crippen LogP contribution < -0.4 is 5.32 Å². The van der Waals surface area contributed by atoms with Crippen molar-refractivity contribution in [1.82, 2.24) is 15.0 Å². The van der Waals surface area contributed by atoms with E-state index in [1.807, 2.05) is 19.9 Å². The number of hydrogen-bond donors (Lipinski definition) is 2. The lowest BCUT2D eigenvalue weighted by molar-refractivity contribution is 1.13. The minimum Gasteiger partial charge on any atom is -0.369 e. The first-order valence-electron chi connectivity index (χ1n) is 4.35. The first-order valence-corrected chi connectivity index (χ1v) is 4.35. The van der Waals surface area contributed by atoms with Crippen molar-refractivity contribution in [2.24, 2.45) is 0 Å². The van der Waals surface area contributed by atoms with E-state index in [0.717, 1.165) is 29.1 Å². The van der Waals surface area contributed by atoms with Crippen LogP contribution in [0.4, 0.5) is 5.82 Å². The van der Waals surface area contributed by atoms with E-state index in [4.69, 9.17) is 0 Å². The van der Waals surface area contributed by atoms with Gasteiger partial charge in [0.05, 0.1) is 5.52 Å². The van der Waals surface area contributed by atoms with Crippen molar-refractivity contribution in [2.75, 3.05) is 11.9 Å². The fourth-order valence-corrected chi connectivity index (χ4v) is 1.37. The Morgan fingerprint density at radius 3 is 3.08 bits per heavy atom. The van der Waals surface area contributed by atoms with E-state index in [-0.39, 0.29) is 0 Å². The summed E-state index contributed by atoms with van der Waals surface area (Å²) < 4.78 is 0. The smallest absolute Gasteiger partial charge is 0.153 e. The number of aromatic nitrogens is 3. The Kier molecular flexibility index (Phi) is 1.88. The van der Waals surface area contributed by atoms with E-state index < -0.39 is 0 Å². The first-order chi connectivity index (χ1) is 6.31. The van der Waals surface area contributed by atoms with Crippen LogP contribution >= 0.6 is 0 Å². The molecule has 4 heteroatoms. The maximum Gasteiger partial charge on any atom is 0.153 e. The molecular weight excluding hydrogens is 164 g/mol. The Labute approximate surface area is 76.4 Å². The number of nitrogens with one attached hydrogen (secondary N) is 2. The Morgan fingerprint density at radius 1 is 1.46 bits per heavy atom. The number of rotatable bonds is 2. The molecule has 2 aromatic rings. The van der Waals surface area contributed by atoms with Crippen molar-refractivity contribution in [3.63, 3.8) is 0 Å². The molecule has 13 heavy (non-hydrogen) atoms. The quantitative estimate of drug-likeness (QED) is 0.732. The van der Waals surface area contributed by atoms with E-state index in [1.54, 1.807) is 6.33 Å². The number of H-pyrrole nitrogens is 1. The van der Waals surface area contributed by atoms with Crippen LogP contribution in [-0.2, 0) is 0 Å². The highest BCUT2D eigenvalue weighted by molar-refractivity contribution is 5.86. The second-order valence-electron chi connectivity index (χ2n) is 2.97. The lowest BCUT2D eigenvalue weighted by Gasteiger charge is -2.01. The molecule has 0 fully saturated rings. The molecular formula is C9H12N4. The van der Waals surface area contributed by atoms with E-state index in [2.05, 4.69) is 20.3 Å². The summed E-state index contributed by atoms with van der Waals surface area (Å²) in [5, 5.41) is 3.18. The van der Waals surface area contributed by atoms with Gasteiger partial charge in [0.15, 0.2) is 5.82 Å². The molecule has 0 aliphatic carbocycles. The first kappa shape index (κ1) is 8.04. The van der Waals surface area contributed by atoms with Crippen LogP contribution in [0.2, 0.25) is 0 Å². The molecule has 0 aliphatic heterocycles. The van der Waals surface area contributed by atoms with Crippen molar-refractivity contribution in [3.8, 4) is 0 Å². The standard InChI is InChI=1S/C9H12N4/c1-3-10-9-8-7(11-5-12-9)4-6(2)13-8/h4-5,13H,3H2,1-2H3,(H,10,11,12). The van der Waals surface area contributed by atoms with Gasteiger partial charge in [-0.05, 0) is 19.9 Å². The van der Waals surface area contributed by atoms with Crippen LogP contribution in [0.15, 0.2) is 12.4 Å². The molecule has 0 bridgehead atoms. The molecule has 0 aromatic carbocycles. The lowest BCUT2D eigenvalue weighted by atomic mass is 10.4. The number of nitrogens with zero attached hydrogens (tertiary/aromatic N) is 2. The summed E-state index contributed by atoms with van der Waals surface area (Å²) in [4.78, 5) is 11.5. The van der Waals surface area contributed by atoms with Crippen LogP contribution in [0.3, 0.4) is 0 Å². The van der Waals surface area contributed by atoms with Gasteiger partial charge in [-0.15, -0.1) is 0 Å². The normalized spacial score (nSPS) is 10.6. The maximum atomic E-state index is 4.16. The zero-order valence-corrected chi connectivity index (χ0v) is 7.76. The zero-order valence-electron chi connectivity index (χ0n) is 7.76. The monoisotopic (exact) mass is 176 g/mol. The van der Waals surface area contributed by atoms with Crippen molar-refractivity contribution in [2.45, 2.75) is 13.8 Å². The summed E-state index contributed by atoms with van der Waals surface area (Å²) in [6.45, 7) is 4.92. The Bertz CT molecular complexity index is 418. The Balaban J connectivity index is 2.60. The van der Waals surface area contributed by atoms with Crippen molar-refractivity contribution >= 4 is 16.9 Å². The maximum absolute atomic E-state index is 4.16. The second kappa shape index (κ2) is 3.05. The molecule has 2 aromatic heterocycles. The number of hydrogen-bond acceptors (Lipinski definition) is 3. The number of fused-ring (bicyclic) bond motifs is 1. The van der Waals surface area contributed by atoms with Crippen molar-refractivity contribution < 1.29 is 0 Å². The summed E-state index contributed by atoms with van der Waals surface area (Å²) in [6.07, 6.45) is 1.58.